The van der Waals surface area contributed by atoms with Crippen LogP contribution in [0.2, 0.25) is 0 Å². The van der Waals surface area contributed by atoms with Gasteiger partial charge in [0.05, 0.1) is 0 Å². The molecule has 0 aromatic heterocycles. The van der Waals surface area contributed by atoms with Crippen LogP contribution in [0.25, 0.3) is 0 Å². The fraction of sp³-hybridized carbons (Fsp3) is 0.889. The molecule has 0 bridgehead atoms. The number of carbonyl (C=O) groups is 1. The van der Waals surface area contributed by atoms with Crippen molar-refractivity contribution in [1.82, 2.24) is 0 Å². The minimum Gasteiger partial charge on any atom is -0.480 e. The largest absolute Gasteiger partial charge is 0.480 e. The fourth-order valence-electron chi connectivity index (χ4n) is 0.696. The first-order chi connectivity index (χ1) is 5.74. The Kier molecular flexibility index (Phi) is 4.61. The van der Waals surface area contributed by atoms with Gasteiger partial charge in [0.15, 0.2) is 0 Å². The van der Waals surface area contributed by atoms with Gasteiger partial charge in [-0.1, -0.05) is 20.8 Å². The molecule has 2 atom stereocenters. The van der Waals surface area contributed by atoms with E-state index in [1.54, 1.807) is 0 Å². The summed E-state index contributed by atoms with van der Waals surface area (Å²) in [6, 6.07) is 0. The third-order valence-corrected chi connectivity index (χ3v) is 3.39. The van der Waals surface area contributed by atoms with Gasteiger partial charge >= 0.3 is 5.97 Å². The maximum absolute atomic E-state index is 11.4. The first kappa shape index (κ1) is 12.6. The highest BCUT2D eigenvalue weighted by Gasteiger charge is 2.20. The van der Waals surface area contributed by atoms with Crippen LogP contribution < -0.4 is 0 Å². The quantitative estimate of drug-likeness (QED) is 0.761. The summed E-state index contributed by atoms with van der Waals surface area (Å²) in [6.45, 7) is 7.64. The number of carboxylic acids is 1. The van der Waals surface area contributed by atoms with E-state index in [-0.39, 0.29) is 5.41 Å². The maximum atomic E-state index is 11.4. The lowest BCUT2D eigenvalue weighted by atomic mass is 9.94. The minimum atomic E-state index is -1.24. The van der Waals surface area contributed by atoms with Crippen LogP contribution in [0.15, 0.2) is 0 Å². The summed E-state index contributed by atoms with van der Waals surface area (Å²) in [7, 11) is -1.24. The Morgan fingerprint density at radius 3 is 2.23 bits per heavy atom. The van der Waals surface area contributed by atoms with E-state index < -0.39 is 22.0 Å². The van der Waals surface area contributed by atoms with Gasteiger partial charge in [-0.2, -0.15) is 0 Å². The van der Waals surface area contributed by atoms with E-state index >= 15 is 0 Å². The highest BCUT2D eigenvalue weighted by Crippen LogP contribution is 2.19. The first-order valence-electron chi connectivity index (χ1n) is 4.34. The molecule has 3 nitrogen and oxygen atoms in total. The van der Waals surface area contributed by atoms with E-state index in [9.17, 15) is 9.00 Å². The molecule has 4 heteroatoms. The Labute approximate surface area is 82.0 Å². The molecule has 1 N–H and O–H groups in total. The van der Waals surface area contributed by atoms with Crippen molar-refractivity contribution in [3.63, 3.8) is 0 Å². The molecule has 0 aliphatic carbocycles. The average molecular weight is 206 g/mol. The van der Waals surface area contributed by atoms with Crippen molar-refractivity contribution in [3.8, 4) is 0 Å². The zero-order valence-corrected chi connectivity index (χ0v) is 9.48. The van der Waals surface area contributed by atoms with Crippen LogP contribution in [-0.2, 0) is 15.6 Å². The van der Waals surface area contributed by atoms with Crippen molar-refractivity contribution in [2.75, 3.05) is 5.75 Å². The molecule has 2 unspecified atom stereocenters. The smallest absolute Gasteiger partial charge is 0.318 e. The lowest BCUT2D eigenvalue weighted by Crippen LogP contribution is -2.25. The number of aliphatic carboxylic acids is 1. The third kappa shape index (κ3) is 5.80. The summed E-state index contributed by atoms with van der Waals surface area (Å²) in [5.41, 5.74) is 0.119. The number of rotatable bonds is 4. The molecular weight excluding hydrogens is 188 g/mol. The van der Waals surface area contributed by atoms with Crippen LogP contribution >= 0.6 is 0 Å². The van der Waals surface area contributed by atoms with Crippen molar-refractivity contribution in [2.24, 2.45) is 5.41 Å². The van der Waals surface area contributed by atoms with Crippen LogP contribution in [0.5, 0.6) is 0 Å². The summed E-state index contributed by atoms with van der Waals surface area (Å²) < 4.78 is 11.4. The van der Waals surface area contributed by atoms with Gasteiger partial charge in [-0.3, -0.25) is 9.00 Å². The van der Waals surface area contributed by atoms with E-state index in [0.29, 0.717) is 5.75 Å². The predicted octanol–water partition coefficient (Wildman–Crippen LogP) is 1.64. The van der Waals surface area contributed by atoms with Crippen LogP contribution in [0, 0.1) is 5.41 Å². The number of hydrogen-bond acceptors (Lipinski definition) is 2. The number of hydrogen-bond donors (Lipinski definition) is 1. The van der Waals surface area contributed by atoms with Crippen molar-refractivity contribution in [3.05, 3.63) is 0 Å². The minimum absolute atomic E-state index is 0.119. The van der Waals surface area contributed by atoms with Gasteiger partial charge in [-0.15, -0.1) is 0 Å². The molecule has 0 spiro atoms. The van der Waals surface area contributed by atoms with Crippen molar-refractivity contribution in [2.45, 2.75) is 39.4 Å². The van der Waals surface area contributed by atoms with E-state index in [2.05, 4.69) is 20.8 Å². The van der Waals surface area contributed by atoms with E-state index in [4.69, 9.17) is 5.11 Å². The zero-order chi connectivity index (χ0) is 10.6. The van der Waals surface area contributed by atoms with Gasteiger partial charge < -0.3 is 5.11 Å². The van der Waals surface area contributed by atoms with Gasteiger partial charge in [0.25, 0.3) is 0 Å². The van der Waals surface area contributed by atoms with Crippen molar-refractivity contribution < 1.29 is 14.1 Å². The molecule has 78 valence electrons. The molecule has 0 radical (unpaired) electrons. The fourth-order valence-corrected chi connectivity index (χ4v) is 2.09. The molecule has 0 fully saturated rings. The Hall–Kier alpha value is -0.380. The Balaban J connectivity index is 3.96. The summed E-state index contributed by atoms with van der Waals surface area (Å²) in [5.74, 6) is -0.510. The maximum Gasteiger partial charge on any atom is 0.318 e. The second kappa shape index (κ2) is 4.74. The highest BCUT2D eigenvalue weighted by atomic mass is 32.2. The van der Waals surface area contributed by atoms with E-state index in [1.165, 1.54) is 6.92 Å². The SMILES string of the molecule is CC(C(=O)O)S(=O)CCC(C)(C)C. The molecule has 0 aliphatic rings. The Bertz CT molecular complexity index is 205. The van der Waals surface area contributed by atoms with Crippen LogP contribution in [0.3, 0.4) is 0 Å². The molecule has 0 aromatic carbocycles. The lowest BCUT2D eigenvalue weighted by Gasteiger charge is -2.18. The predicted molar refractivity (Wildman–Crippen MR) is 54.2 cm³/mol. The molecular formula is C9H18O3S. The molecule has 0 heterocycles. The molecule has 0 saturated carbocycles. The standard InChI is InChI=1S/C9H18O3S/c1-7(8(10)11)13(12)6-5-9(2,3)4/h7H,5-6H2,1-4H3,(H,10,11). The zero-order valence-electron chi connectivity index (χ0n) is 8.66. The topological polar surface area (TPSA) is 54.4 Å². The number of carboxylic acid groups (broad SMARTS) is 1. The summed E-state index contributed by atoms with van der Waals surface area (Å²) >= 11 is 0. The van der Waals surface area contributed by atoms with Gasteiger partial charge in [-0.25, -0.2) is 0 Å². The summed E-state index contributed by atoms with van der Waals surface area (Å²) in [6.07, 6.45) is 0.789. The van der Waals surface area contributed by atoms with Crippen LogP contribution in [-0.4, -0.2) is 26.3 Å². The normalized spacial score (nSPS) is 16.6. The van der Waals surface area contributed by atoms with Gasteiger partial charge in [0.1, 0.15) is 5.25 Å². The van der Waals surface area contributed by atoms with Gasteiger partial charge in [0.2, 0.25) is 0 Å². The molecule has 0 amide bonds. The summed E-state index contributed by atoms with van der Waals surface area (Å²) in [4.78, 5) is 10.5. The second-order valence-electron chi connectivity index (χ2n) is 4.38. The Morgan fingerprint density at radius 1 is 1.46 bits per heavy atom. The highest BCUT2D eigenvalue weighted by molar-refractivity contribution is 7.86. The first-order valence-corrected chi connectivity index (χ1v) is 5.72. The average Bonchev–Trinajstić information content (AvgIpc) is 1.97. The molecule has 0 rings (SSSR count). The third-order valence-electron chi connectivity index (χ3n) is 1.80. The van der Waals surface area contributed by atoms with Crippen molar-refractivity contribution in [1.29, 1.82) is 0 Å². The van der Waals surface area contributed by atoms with E-state index in [1.807, 2.05) is 0 Å². The second-order valence-corrected chi connectivity index (χ2v) is 6.25. The molecule has 0 aliphatic heterocycles. The molecule has 0 saturated heterocycles. The van der Waals surface area contributed by atoms with Gasteiger partial charge in [-0.05, 0) is 18.8 Å². The van der Waals surface area contributed by atoms with Crippen LogP contribution in [0.4, 0.5) is 0 Å². The lowest BCUT2D eigenvalue weighted by molar-refractivity contribution is -0.136. The molecule has 13 heavy (non-hydrogen) atoms. The monoisotopic (exact) mass is 206 g/mol. The van der Waals surface area contributed by atoms with Crippen LogP contribution in [0.1, 0.15) is 34.1 Å². The summed E-state index contributed by atoms with van der Waals surface area (Å²) in [5, 5.41) is 7.84. The molecule has 0 aromatic rings. The van der Waals surface area contributed by atoms with Crippen molar-refractivity contribution >= 4 is 16.8 Å². The van der Waals surface area contributed by atoms with E-state index in [0.717, 1.165) is 6.42 Å². The Morgan fingerprint density at radius 2 is 1.92 bits per heavy atom. The van der Waals surface area contributed by atoms with Gasteiger partial charge in [0, 0.05) is 16.6 Å².